The normalized spacial score (nSPS) is 11.8. The minimum Gasteiger partial charge on any atom is -0.366 e. The molecule has 6 aromatic rings. The molecule has 0 fully saturated rings. The number of hydrogen-bond donors (Lipinski definition) is 5. The Morgan fingerprint density at radius 3 is 2.12 bits per heavy atom. The number of carbonyl (C=O) groups is 4. The second kappa shape index (κ2) is 15.0. The molecule has 9 nitrogen and oxygen atoms in total. The maximum atomic E-state index is 13.8. The van der Waals surface area contributed by atoms with E-state index in [2.05, 4.69) is 20.9 Å². The van der Waals surface area contributed by atoms with Crippen molar-refractivity contribution in [2.75, 3.05) is 10.6 Å². The molecule has 242 valence electrons. The number of H-pyrrole nitrogens is 1. The summed E-state index contributed by atoms with van der Waals surface area (Å²) >= 11 is 1.31. The van der Waals surface area contributed by atoms with E-state index in [0.29, 0.717) is 22.5 Å². The standard InChI is InChI=1S/C39H31N5O4S/c40-36(45)26-18-20-29(21-19-26)42-39(48)35(25-10-3-1-4-11-25)49-31-15-9-14-30(23-31)43-38(47)34(44-37(46)27-12-5-2-6-13-27)22-28-24-41-33-17-8-7-16-32(28)33/h1-24,35,41H,(H2,40,45)(H,42,48)(H,43,47)(H,44,46)/b34-22-. The molecule has 5 aromatic carbocycles. The maximum Gasteiger partial charge on any atom is 0.272 e. The van der Waals surface area contributed by atoms with Crippen LogP contribution in [0.3, 0.4) is 0 Å². The van der Waals surface area contributed by atoms with Crippen molar-refractivity contribution in [1.82, 2.24) is 10.3 Å². The first-order chi connectivity index (χ1) is 23.8. The lowest BCUT2D eigenvalue weighted by atomic mass is 10.1. The highest BCUT2D eigenvalue weighted by molar-refractivity contribution is 8.00. The number of aromatic amines is 1. The minimum absolute atomic E-state index is 0.0561. The second-order valence-corrected chi connectivity index (χ2v) is 12.2. The lowest BCUT2D eigenvalue weighted by Gasteiger charge is -2.18. The van der Waals surface area contributed by atoms with Crippen LogP contribution in [0, 0.1) is 0 Å². The first-order valence-electron chi connectivity index (χ1n) is 15.3. The summed E-state index contributed by atoms with van der Waals surface area (Å²) in [5.74, 6) is -1.77. The zero-order valence-electron chi connectivity index (χ0n) is 26.1. The van der Waals surface area contributed by atoms with Crippen molar-refractivity contribution in [3.05, 3.63) is 168 Å². The molecular weight excluding hydrogens is 635 g/mol. The quantitative estimate of drug-likeness (QED) is 0.0737. The molecule has 0 aliphatic heterocycles. The van der Waals surface area contributed by atoms with Gasteiger partial charge in [-0.2, -0.15) is 0 Å². The molecule has 0 saturated carbocycles. The van der Waals surface area contributed by atoms with Gasteiger partial charge in [-0.3, -0.25) is 19.2 Å². The predicted octanol–water partition coefficient (Wildman–Crippen LogP) is 7.15. The molecule has 49 heavy (non-hydrogen) atoms. The van der Waals surface area contributed by atoms with E-state index in [1.165, 1.54) is 11.8 Å². The van der Waals surface area contributed by atoms with Crippen molar-refractivity contribution >= 4 is 63.7 Å². The Labute approximate surface area is 286 Å². The fourth-order valence-corrected chi connectivity index (χ4v) is 6.20. The van der Waals surface area contributed by atoms with Crippen LogP contribution in [0.1, 0.15) is 37.1 Å². The van der Waals surface area contributed by atoms with Gasteiger partial charge in [0, 0.05) is 50.1 Å². The van der Waals surface area contributed by atoms with E-state index in [0.717, 1.165) is 26.9 Å². The van der Waals surface area contributed by atoms with Crippen molar-refractivity contribution < 1.29 is 19.2 Å². The van der Waals surface area contributed by atoms with Crippen molar-refractivity contribution in [3.8, 4) is 0 Å². The highest BCUT2D eigenvalue weighted by Crippen LogP contribution is 2.37. The van der Waals surface area contributed by atoms with Gasteiger partial charge >= 0.3 is 0 Å². The molecule has 1 atom stereocenters. The number of fused-ring (bicyclic) bond motifs is 1. The molecule has 0 aliphatic rings. The van der Waals surface area contributed by atoms with Crippen LogP contribution in [0.15, 0.2) is 150 Å². The van der Waals surface area contributed by atoms with Crippen LogP contribution in [-0.4, -0.2) is 28.6 Å². The van der Waals surface area contributed by atoms with E-state index >= 15 is 0 Å². The predicted molar refractivity (Wildman–Crippen MR) is 194 cm³/mol. The number of para-hydroxylation sites is 1. The summed E-state index contributed by atoms with van der Waals surface area (Å²) in [5.41, 5.74) is 9.56. The molecule has 10 heteroatoms. The molecular formula is C39H31N5O4S. The first-order valence-corrected chi connectivity index (χ1v) is 16.2. The Kier molecular flexibility index (Phi) is 9.97. The van der Waals surface area contributed by atoms with Crippen LogP contribution in [0.5, 0.6) is 0 Å². The highest BCUT2D eigenvalue weighted by atomic mass is 32.2. The summed E-state index contributed by atoms with van der Waals surface area (Å²) < 4.78 is 0. The van der Waals surface area contributed by atoms with Gasteiger partial charge < -0.3 is 26.7 Å². The SMILES string of the molecule is NC(=O)c1ccc(NC(=O)C(Sc2cccc(NC(=O)/C(=C/c3c[nH]c4ccccc34)NC(=O)c3ccccc3)c2)c2ccccc2)cc1. The van der Waals surface area contributed by atoms with Crippen molar-refractivity contribution in [3.63, 3.8) is 0 Å². The third-order valence-electron chi connectivity index (χ3n) is 7.57. The molecule has 0 radical (unpaired) electrons. The lowest BCUT2D eigenvalue weighted by molar-refractivity contribution is -0.116. The molecule has 1 aromatic heterocycles. The maximum absolute atomic E-state index is 13.8. The second-order valence-electron chi connectivity index (χ2n) is 11.0. The Hall–Kier alpha value is -6.39. The molecule has 0 saturated heterocycles. The molecule has 4 amide bonds. The van der Waals surface area contributed by atoms with Crippen molar-refractivity contribution in [1.29, 1.82) is 0 Å². The topological polar surface area (TPSA) is 146 Å². The van der Waals surface area contributed by atoms with Crippen LogP contribution in [-0.2, 0) is 9.59 Å². The Bertz CT molecular complexity index is 2160. The number of aromatic nitrogens is 1. The van der Waals surface area contributed by atoms with Gasteiger partial charge in [-0.15, -0.1) is 11.8 Å². The molecule has 0 aliphatic carbocycles. The van der Waals surface area contributed by atoms with Gasteiger partial charge in [-0.25, -0.2) is 0 Å². The number of benzene rings is 5. The smallest absolute Gasteiger partial charge is 0.272 e. The number of nitrogens with two attached hydrogens (primary N) is 1. The van der Waals surface area contributed by atoms with E-state index in [-0.39, 0.29) is 11.6 Å². The number of nitrogens with one attached hydrogen (secondary N) is 4. The number of amides is 4. The summed E-state index contributed by atoms with van der Waals surface area (Å²) in [6.07, 6.45) is 3.42. The summed E-state index contributed by atoms with van der Waals surface area (Å²) in [5, 5.41) is 8.87. The van der Waals surface area contributed by atoms with E-state index in [1.807, 2.05) is 66.7 Å². The zero-order chi connectivity index (χ0) is 34.2. The van der Waals surface area contributed by atoms with E-state index in [4.69, 9.17) is 5.73 Å². The minimum atomic E-state index is -0.648. The number of carbonyl (C=O) groups excluding carboxylic acids is 4. The summed E-state index contributed by atoms with van der Waals surface area (Å²) in [6, 6.07) is 39.2. The molecule has 1 unspecified atom stereocenters. The lowest BCUT2D eigenvalue weighted by Crippen LogP contribution is -2.30. The summed E-state index contributed by atoms with van der Waals surface area (Å²) in [4.78, 5) is 55.9. The van der Waals surface area contributed by atoms with Crippen LogP contribution >= 0.6 is 11.8 Å². The monoisotopic (exact) mass is 665 g/mol. The van der Waals surface area contributed by atoms with Gasteiger partial charge in [0.15, 0.2) is 0 Å². The third kappa shape index (κ3) is 8.13. The van der Waals surface area contributed by atoms with Crippen LogP contribution in [0.2, 0.25) is 0 Å². The number of rotatable bonds is 11. The Morgan fingerprint density at radius 2 is 1.39 bits per heavy atom. The van der Waals surface area contributed by atoms with Crippen molar-refractivity contribution in [2.45, 2.75) is 10.1 Å². The summed E-state index contributed by atoms with van der Waals surface area (Å²) in [7, 11) is 0. The Balaban J connectivity index is 1.24. The molecule has 6 N–H and O–H groups in total. The van der Waals surface area contributed by atoms with Crippen LogP contribution < -0.4 is 21.7 Å². The van der Waals surface area contributed by atoms with Gasteiger partial charge in [0.1, 0.15) is 10.9 Å². The van der Waals surface area contributed by atoms with E-state index < -0.39 is 23.0 Å². The average Bonchev–Trinajstić information content (AvgIpc) is 3.54. The van der Waals surface area contributed by atoms with Gasteiger partial charge in [-0.05, 0) is 72.3 Å². The van der Waals surface area contributed by atoms with Gasteiger partial charge in [0.2, 0.25) is 11.8 Å². The zero-order valence-corrected chi connectivity index (χ0v) is 26.9. The number of primary amides is 1. The van der Waals surface area contributed by atoms with E-state index in [9.17, 15) is 19.2 Å². The Morgan fingerprint density at radius 1 is 0.694 bits per heavy atom. The molecule has 1 heterocycles. The van der Waals surface area contributed by atoms with Gasteiger partial charge in [-0.1, -0.05) is 72.8 Å². The van der Waals surface area contributed by atoms with Crippen molar-refractivity contribution in [2.24, 2.45) is 5.73 Å². The third-order valence-corrected chi connectivity index (χ3v) is 8.82. The van der Waals surface area contributed by atoms with E-state index in [1.54, 1.807) is 79.0 Å². The number of anilines is 2. The molecule has 6 rings (SSSR count). The van der Waals surface area contributed by atoms with Gasteiger partial charge in [0.05, 0.1) is 0 Å². The number of hydrogen-bond acceptors (Lipinski definition) is 5. The number of thioether (sulfide) groups is 1. The first kappa shape index (κ1) is 32.5. The van der Waals surface area contributed by atoms with Crippen LogP contribution in [0.25, 0.3) is 17.0 Å². The summed E-state index contributed by atoms with van der Waals surface area (Å²) in [6.45, 7) is 0. The van der Waals surface area contributed by atoms with Gasteiger partial charge in [0.25, 0.3) is 11.8 Å². The highest BCUT2D eigenvalue weighted by Gasteiger charge is 2.23. The molecule has 0 spiro atoms. The fraction of sp³-hybridized carbons (Fsp3) is 0.0256. The fourth-order valence-electron chi connectivity index (χ4n) is 5.12. The average molecular weight is 666 g/mol. The van der Waals surface area contributed by atoms with Crippen LogP contribution in [0.4, 0.5) is 11.4 Å². The molecule has 0 bridgehead atoms. The largest absolute Gasteiger partial charge is 0.366 e.